The summed E-state index contributed by atoms with van der Waals surface area (Å²) in [5.74, 6) is 0.0895. The number of hydrogen-bond acceptors (Lipinski definition) is 2. The molecule has 0 unspecified atom stereocenters. The summed E-state index contributed by atoms with van der Waals surface area (Å²) in [5.41, 5.74) is 3.26. The van der Waals surface area contributed by atoms with Gasteiger partial charge in [-0.2, -0.15) is 0 Å². The number of halogens is 1. The molecule has 0 spiro atoms. The molecule has 110 valence electrons. The quantitative estimate of drug-likeness (QED) is 0.850. The van der Waals surface area contributed by atoms with Crippen LogP contribution in [0.1, 0.15) is 16.7 Å². The van der Waals surface area contributed by atoms with Crippen LogP contribution < -0.4 is 5.32 Å². The Hall–Kier alpha value is -1.81. The first-order valence-corrected chi connectivity index (χ1v) is 7.74. The van der Waals surface area contributed by atoms with E-state index >= 15 is 0 Å². The van der Waals surface area contributed by atoms with Crippen molar-refractivity contribution in [2.75, 3.05) is 5.75 Å². The van der Waals surface area contributed by atoms with Crippen molar-refractivity contribution < 1.29 is 9.18 Å². The Balaban J connectivity index is 1.82. The number of nitrogens with one attached hydrogen (secondary N) is 1. The number of carbonyl (C=O) groups is 1. The van der Waals surface area contributed by atoms with Gasteiger partial charge < -0.3 is 5.32 Å². The van der Waals surface area contributed by atoms with Crippen LogP contribution >= 0.6 is 11.8 Å². The average molecular weight is 303 g/mol. The normalized spacial score (nSPS) is 10.4. The van der Waals surface area contributed by atoms with Gasteiger partial charge in [0.2, 0.25) is 5.91 Å². The van der Waals surface area contributed by atoms with Crippen molar-refractivity contribution in [2.45, 2.75) is 25.3 Å². The Morgan fingerprint density at radius 3 is 2.57 bits per heavy atom. The molecule has 0 fully saturated rings. The third kappa shape index (κ3) is 4.90. The van der Waals surface area contributed by atoms with Gasteiger partial charge in [-0.1, -0.05) is 29.8 Å². The lowest BCUT2D eigenvalue weighted by atomic mass is 10.2. The molecule has 0 aliphatic rings. The molecular formula is C17H18FNOS. The Bertz CT molecular complexity index is 625. The zero-order chi connectivity index (χ0) is 15.2. The number of aryl methyl sites for hydroxylation is 2. The first-order valence-electron chi connectivity index (χ1n) is 6.76. The molecule has 0 aromatic heterocycles. The SMILES string of the molecule is Cc1ccc(C)c(SCC(=O)NCc2ccc(F)cc2)c1. The first-order chi connectivity index (χ1) is 10.0. The van der Waals surface area contributed by atoms with Crippen molar-refractivity contribution in [3.05, 3.63) is 65.0 Å². The van der Waals surface area contributed by atoms with Gasteiger partial charge in [-0.3, -0.25) is 4.79 Å². The van der Waals surface area contributed by atoms with E-state index in [1.807, 2.05) is 13.8 Å². The largest absolute Gasteiger partial charge is 0.351 e. The second-order valence-electron chi connectivity index (χ2n) is 4.96. The molecular weight excluding hydrogens is 285 g/mol. The summed E-state index contributed by atoms with van der Waals surface area (Å²) in [5, 5.41) is 2.84. The maximum Gasteiger partial charge on any atom is 0.230 e. The highest BCUT2D eigenvalue weighted by atomic mass is 32.2. The van der Waals surface area contributed by atoms with Crippen molar-refractivity contribution >= 4 is 17.7 Å². The summed E-state index contributed by atoms with van der Waals surface area (Å²) in [7, 11) is 0. The Labute approximate surface area is 128 Å². The molecule has 0 atom stereocenters. The lowest BCUT2D eigenvalue weighted by Crippen LogP contribution is -2.24. The Kier molecular flexibility index (Phi) is 5.39. The molecule has 2 aromatic carbocycles. The fourth-order valence-electron chi connectivity index (χ4n) is 1.86. The van der Waals surface area contributed by atoms with E-state index in [-0.39, 0.29) is 11.7 Å². The van der Waals surface area contributed by atoms with Gasteiger partial charge in [-0.25, -0.2) is 4.39 Å². The number of hydrogen-bond donors (Lipinski definition) is 1. The lowest BCUT2D eigenvalue weighted by molar-refractivity contribution is -0.118. The molecule has 1 N–H and O–H groups in total. The first kappa shape index (κ1) is 15.6. The third-order valence-corrected chi connectivity index (χ3v) is 4.26. The van der Waals surface area contributed by atoms with Crippen LogP contribution in [-0.2, 0) is 11.3 Å². The molecule has 0 bridgehead atoms. The van der Waals surface area contributed by atoms with Crippen LogP contribution in [0, 0.1) is 19.7 Å². The monoisotopic (exact) mass is 303 g/mol. The average Bonchev–Trinajstić information content (AvgIpc) is 2.47. The number of rotatable bonds is 5. The third-order valence-electron chi connectivity index (χ3n) is 3.11. The minimum Gasteiger partial charge on any atom is -0.351 e. The molecule has 2 rings (SSSR count). The van der Waals surface area contributed by atoms with Crippen molar-refractivity contribution in [3.63, 3.8) is 0 Å². The number of carbonyl (C=O) groups excluding carboxylic acids is 1. The Morgan fingerprint density at radius 1 is 1.14 bits per heavy atom. The summed E-state index contributed by atoms with van der Waals surface area (Å²) in [6.45, 7) is 4.50. The van der Waals surface area contributed by atoms with Gasteiger partial charge in [0, 0.05) is 11.4 Å². The van der Waals surface area contributed by atoms with Crippen molar-refractivity contribution in [1.82, 2.24) is 5.32 Å². The molecule has 1 amide bonds. The highest BCUT2D eigenvalue weighted by Gasteiger charge is 2.05. The maximum absolute atomic E-state index is 12.8. The van der Waals surface area contributed by atoms with Gasteiger partial charge in [0.1, 0.15) is 5.82 Å². The minimum atomic E-state index is -0.268. The second kappa shape index (κ2) is 7.27. The van der Waals surface area contributed by atoms with Crippen LogP contribution in [0.5, 0.6) is 0 Å². The minimum absolute atomic E-state index is 0.0229. The lowest BCUT2D eigenvalue weighted by Gasteiger charge is -2.08. The van der Waals surface area contributed by atoms with Gasteiger partial charge in [0.25, 0.3) is 0 Å². The van der Waals surface area contributed by atoms with E-state index in [4.69, 9.17) is 0 Å². The molecule has 0 saturated carbocycles. The van der Waals surface area contributed by atoms with Crippen LogP contribution in [0.15, 0.2) is 47.4 Å². The van der Waals surface area contributed by atoms with E-state index in [1.54, 1.807) is 12.1 Å². The predicted octanol–water partition coefficient (Wildman–Crippen LogP) is 3.85. The summed E-state index contributed by atoms with van der Waals surface area (Å²) in [6, 6.07) is 12.4. The fraction of sp³-hybridized carbons (Fsp3) is 0.235. The molecule has 0 aliphatic heterocycles. The van der Waals surface area contributed by atoms with Crippen molar-refractivity contribution in [2.24, 2.45) is 0 Å². The van der Waals surface area contributed by atoms with Gasteiger partial charge >= 0.3 is 0 Å². The standard InChI is InChI=1S/C17H18FNOS/c1-12-3-4-13(2)16(9-12)21-11-17(20)19-10-14-5-7-15(18)8-6-14/h3-9H,10-11H2,1-2H3,(H,19,20). The fourth-order valence-corrected chi connectivity index (χ4v) is 2.81. The summed E-state index contributed by atoms with van der Waals surface area (Å²) in [6.07, 6.45) is 0. The van der Waals surface area contributed by atoms with Crippen molar-refractivity contribution in [3.8, 4) is 0 Å². The molecule has 4 heteroatoms. The molecule has 0 radical (unpaired) electrons. The Morgan fingerprint density at radius 2 is 1.86 bits per heavy atom. The molecule has 0 saturated heterocycles. The van der Waals surface area contributed by atoms with Crippen LogP contribution in [0.3, 0.4) is 0 Å². The van der Waals surface area contributed by atoms with E-state index in [1.165, 1.54) is 35.0 Å². The molecule has 0 aliphatic carbocycles. The zero-order valence-electron chi connectivity index (χ0n) is 12.2. The van der Waals surface area contributed by atoms with Gasteiger partial charge in [-0.05, 0) is 43.2 Å². The second-order valence-corrected chi connectivity index (χ2v) is 5.98. The van der Waals surface area contributed by atoms with Crippen LogP contribution in [0.25, 0.3) is 0 Å². The molecule has 21 heavy (non-hydrogen) atoms. The number of thioether (sulfide) groups is 1. The number of benzene rings is 2. The van der Waals surface area contributed by atoms with Crippen molar-refractivity contribution in [1.29, 1.82) is 0 Å². The highest BCUT2D eigenvalue weighted by Crippen LogP contribution is 2.23. The van der Waals surface area contributed by atoms with E-state index in [9.17, 15) is 9.18 Å². The molecule has 0 heterocycles. The van der Waals surface area contributed by atoms with E-state index in [0.717, 1.165) is 10.5 Å². The highest BCUT2D eigenvalue weighted by molar-refractivity contribution is 8.00. The van der Waals surface area contributed by atoms with Gasteiger partial charge in [0.05, 0.1) is 5.75 Å². The zero-order valence-corrected chi connectivity index (χ0v) is 13.0. The summed E-state index contributed by atoms with van der Waals surface area (Å²) >= 11 is 1.53. The van der Waals surface area contributed by atoms with Crippen LogP contribution in [0.4, 0.5) is 4.39 Å². The topological polar surface area (TPSA) is 29.1 Å². The summed E-state index contributed by atoms with van der Waals surface area (Å²) in [4.78, 5) is 13.0. The summed E-state index contributed by atoms with van der Waals surface area (Å²) < 4.78 is 12.8. The van der Waals surface area contributed by atoms with E-state index in [0.29, 0.717) is 12.3 Å². The molecule has 2 nitrogen and oxygen atoms in total. The van der Waals surface area contributed by atoms with Crippen LogP contribution in [-0.4, -0.2) is 11.7 Å². The van der Waals surface area contributed by atoms with Crippen LogP contribution in [0.2, 0.25) is 0 Å². The maximum atomic E-state index is 12.8. The van der Waals surface area contributed by atoms with Gasteiger partial charge in [0.15, 0.2) is 0 Å². The smallest absolute Gasteiger partial charge is 0.230 e. The predicted molar refractivity (Wildman–Crippen MR) is 84.9 cm³/mol. The number of amides is 1. The molecule has 2 aromatic rings. The van der Waals surface area contributed by atoms with E-state index in [2.05, 4.69) is 23.5 Å². The van der Waals surface area contributed by atoms with Gasteiger partial charge in [-0.15, -0.1) is 11.8 Å². The van der Waals surface area contributed by atoms with E-state index < -0.39 is 0 Å².